The van der Waals surface area contributed by atoms with Gasteiger partial charge >= 0.3 is 6.09 Å². The number of carbonyl (C=O) groups is 1. The van der Waals surface area contributed by atoms with Gasteiger partial charge in [-0.3, -0.25) is 0 Å². The molecule has 16 heavy (non-hydrogen) atoms. The van der Waals surface area contributed by atoms with E-state index in [1.807, 2.05) is 20.8 Å². The predicted molar refractivity (Wildman–Crippen MR) is 74.0 cm³/mol. The molecular weight excluding hydrogens is 317 g/mol. The second-order valence-corrected chi connectivity index (χ2v) is 6.41. The van der Waals surface area contributed by atoms with Crippen molar-refractivity contribution in [3.63, 3.8) is 0 Å². The first-order chi connectivity index (χ1) is 7.40. The van der Waals surface area contributed by atoms with Gasteiger partial charge in [-0.05, 0) is 46.0 Å². The Kier molecular flexibility index (Phi) is 5.34. The predicted octanol–water partition coefficient (Wildman–Crippen LogP) is 3.50. The van der Waals surface area contributed by atoms with E-state index in [4.69, 9.17) is 4.74 Å². The third kappa shape index (κ3) is 5.37. The van der Waals surface area contributed by atoms with Crippen molar-refractivity contribution in [3.8, 4) is 0 Å². The van der Waals surface area contributed by atoms with Gasteiger partial charge in [0.1, 0.15) is 5.60 Å². The summed E-state index contributed by atoms with van der Waals surface area (Å²) in [5, 5.41) is 2.98. The van der Waals surface area contributed by atoms with E-state index in [1.165, 1.54) is 17.3 Å². The van der Waals surface area contributed by atoms with E-state index in [0.29, 0.717) is 6.04 Å². The number of hydrogen-bond acceptors (Lipinski definition) is 2. The zero-order valence-electron chi connectivity index (χ0n) is 10.4. The van der Waals surface area contributed by atoms with Crippen molar-refractivity contribution in [2.75, 3.05) is 4.43 Å². The van der Waals surface area contributed by atoms with Crippen LogP contribution in [0.2, 0.25) is 0 Å². The first-order valence-electron chi connectivity index (χ1n) is 5.96. The van der Waals surface area contributed by atoms with Crippen molar-refractivity contribution < 1.29 is 9.53 Å². The van der Waals surface area contributed by atoms with Gasteiger partial charge < -0.3 is 10.1 Å². The molecule has 0 heterocycles. The van der Waals surface area contributed by atoms with Gasteiger partial charge in [-0.15, -0.1) is 0 Å². The molecule has 1 amide bonds. The van der Waals surface area contributed by atoms with Crippen LogP contribution in [-0.2, 0) is 4.74 Å². The first kappa shape index (κ1) is 14.1. The van der Waals surface area contributed by atoms with Gasteiger partial charge in [0.25, 0.3) is 0 Å². The van der Waals surface area contributed by atoms with Crippen LogP contribution in [0.4, 0.5) is 4.79 Å². The largest absolute Gasteiger partial charge is 0.444 e. The van der Waals surface area contributed by atoms with Gasteiger partial charge in [-0.2, -0.15) is 0 Å². The Balaban J connectivity index is 2.33. The molecule has 94 valence electrons. The number of rotatable bonds is 2. The molecule has 0 aliphatic heterocycles. The molecule has 0 aromatic carbocycles. The molecule has 1 aliphatic carbocycles. The molecule has 4 heteroatoms. The number of hydrogen-bond donors (Lipinski definition) is 1. The van der Waals surface area contributed by atoms with E-state index in [-0.39, 0.29) is 6.09 Å². The van der Waals surface area contributed by atoms with E-state index in [1.54, 1.807) is 0 Å². The van der Waals surface area contributed by atoms with E-state index in [0.717, 1.165) is 18.8 Å². The lowest BCUT2D eigenvalue weighted by atomic mass is 9.87. The summed E-state index contributed by atoms with van der Waals surface area (Å²) in [6.45, 7) is 5.67. The molecule has 0 spiro atoms. The third-order valence-electron chi connectivity index (χ3n) is 2.72. The van der Waals surface area contributed by atoms with Crippen LogP contribution in [-0.4, -0.2) is 22.2 Å². The third-order valence-corrected chi connectivity index (χ3v) is 3.97. The summed E-state index contributed by atoms with van der Waals surface area (Å²) in [4.78, 5) is 11.6. The van der Waals surface area contributed by atoms with Gasteiger partial charge in [-0.25, -0.2) is 4.79 Å². The second kappa shape index (κ2) is 6.07. The normalized spacial score (nSPS) is 26.2. The van der Waals surface area contributed by atoms with Gasteiger partial charge in [-0.1, -0.05) is 29.0 Å². The van der Waals surface area contributed by atoms with Crippen LogP contribution in [0.1, 0.15) is 46.5 Å². The minimum atomic E-state index is -0.401. The molecule has 1 aliphatic rings. The second-order valence-electron chi connectivity index (χ2n) is 5.53. The fraction of sp³-hybridized carbons (Fsp3) is 0.917. The summed E-state index contributed by atoms with van der Waals surface area (Å²) in [6, 6.07) is 0.309. The number of alkyl carbamates (subject to hydrolysis) is 1. The summed E-state index contributed by atoms with van der Waals surface area (Å²) in [5.41, 5.74) is -0.401. The number of nitrogens with one attached hydrogen (secondary N) is 1. The van der Waals surface area contributed by atoms with E-state index >= 15 is 0 Å². The topological polar surface area (TPSA) is 38.3 Å². The summed E-state index contributed by atoms with van der Waals surface area (Å²) in [6.07, 6.45) is 4.43. The number of amides is 1. The van der Waals surface area contributed by atoms with Crippen LogP contribution < -0.4 is 5.32 Å². The summed E-state index contributed by atoms with van der Waals surface area (Å²) in [5.74, 6) is 0.759. The van der Waals surface area contributed by atoms with Crippen LogP contribution in [0, 0.1) is 5.92 Å². The molecule has 0 aromatic rings. The highest BCUT2D eigenvalue weighted by Crippen LogP contribution is 2.26. The molecule has 1 saturated carbocycles. The van der Waals surface area contributed by atoms with Crippen LogP contribution in [0.15, 0.2) is 0 Å². The van der Waals surface area contributed by atoms with E-state index in [2.05, 4.69) is 27.9 Å². The van der Waals surface area contributed by atoms with Crippen molar-refractivity contribution in [1.82, 2.24) is 5.32 Å². The van der Waals surface area contributed by atoms with Crippen LogP contribution >= 0.6 is 22.6 Å². The number of halogens is 1. The maximum absolute atomic E-state index is 11.6. The average Bonchev–Trinajstić information content (AvgIpc) is 2.15. The Morgan fingerprint density at radius 3 is 2.69 bits per heavy atom. The Hall–Kier alpha value is 0. The lowest BCUT2D eigenvalue weighted by Crippen LogP contribution is -2.41. The van der Waals surface area contributed by atoms with E-state index < -0.39 is 5.60 Å². The van der Waals surface area contributed by atoms with Gasteiger partial charge in [0.05, 0.1) is 0 Å². The number of alkyl halides is 1. The maximum atomic E-state index is 11.6. The SMILES string of the molecule is CC(C)(C)OC(=O)N[C@H]1CCC[C@@H](CI)C1. The summed E-state index contributed by atoms with van der Waals surface area (Å²) < 4.78 is 6.44. The molecular formula is C12H22INO2. The minimum Gasteiger partial charge on any atom is -0.444 e. The van der Waals surface area contributed by atoms with Gasteiger partial charge in [0, 0.05) is 10.5 Å². The summed E-state index contributed by atoms with van der Waals surface area (Å²) >= 11 is 2.43. The molecule has 0 saturated heterocycles. The fourth-order valence-electron chi connectivity index (χ4n) is 2.04. The lowest BCUT2D eigenvalue weighted by molar-refractivity contribution is 0.0487. The zero-order valence-corrected chi connectivity index (χ0v) is 12.5. The first-order valence-corrected chi connectivity index (χ1v) is 7.49. The maximum Gasteiger partial charge on any atom is 0.407 e. The molecule has 2 atom stereocenters. The minimum absolute atomic E-state index is 0.272. The Labute approximate surface area is 112 Å². The Bertz CT molecular complexity index is 238. The van der Waals surface area contributed by atoms with Crippen LogP contribution in [0.25, 0.3) is 0 Å². The van der Waals surface area contributed by atoms with Crippen molar-refractivity contribution >= 4 is 28.7 Å². The molecule has 0 radical (unpaired) electrons. The molecule has 1 rings (SSSR count). The monoisotopic (exact) mass is 339 g/mol. The quantitative estimate of drug-likeness (QED) is 0.618. The average molecular weight is 339 g/mol. The highest BCUT2D eigenvalue weighted by atomic mass is 127. The Morgan fingerprint density at radius 2 is 2.12 bits per heavy atom. The molecule has 0 unspecified atom stereocenters. The van der Waals surface area contributed by atoms with Crippen LogP contribution in [0.5, 0.6) is 0 Å². The lowest BCUT2D eigenvalue weighted by Gasteiger charge is -2.29. The zero-order chi connectivity index (χ0) is 12.2. The number of ether oxygens (including phenoxy) is 1. The van der Waals surface area contributed by atoms with Crippen molar-refractivity contribution in [3.05, 3.63) is 0 Å². The smallest absolute Gasteiger partial charge is 0.407 e. The fourth-order valence-corrected chi connectivity index (χ4v) is 2.84. The number of carbonyl (C=O) groups excluding carboxylic acids is 1. The van der Waals surface area contributed by atoms with Crippen molar-refractivity contribution in [2.45, 2.75) is 58.1 Å². The molecule has 1 fully saturated rings. The van der Waals surface area contributed by atoms with Crippen molar-refractivity contribution in [2.24, 2.45) is 5.92 Å². The molecule has 0 aromatic heterocycles. The molecule has 3 nitrogen and oxygen atoms in total. The molecule has 1 N–H and O–H groups in total. The van der Waals surface area contributed by atoms with Gasteiger partial charge in [0.15, 0.2) is 0 Å². The van der Waals surface area contributed by atoms with Crippen molar-refractivity contribution in [1.29, 1.82) is 0 Å². The standard InChI is InChI=1S/C12H22INO2/c1-12(2,3)16-11(15)14-10-6-4-5-9(7-10)8-13/h9-10H,4-8H2,1-3H3,(H,14,15)/t9-,10+/m1/s1. The van der Waals surface area contributed by atoms with Crippen LogP contribution in [0.3, 0.4) is 0 Å². The summed E-state index contributed by atoms with van der Waals surface area (Å²) in [7, 11) is 0. The highest BCUT2D eigenvalue weighted by Gasteiger charge is 2.24. The van der Waals surface area contributed by atoms with Gasteiger partial charge in [0.2, 0.25) is 0 Å². The highest BCUT2D eigenvalue weighted by molar-refractivity contribution is 14.1. The Morgan fingerprint density at radius 1 is 1.44 bits per heavy atom. The van der Waals surface area contributed by atoms with E-state index in [9.17, 15) is 4.79 Å². The molecule has 0 bridgehead atoms.